The van der Waals surface area contributed by atoms with E-state index in [4.69, 9.17) is 0 Å². The van der Waals surface area contributed by atoms with Gasteiger partial charge in [0.1, 0.15) is 11.5 Å². The van der Waals surface area contributed by atoms with Crippen LogP contribution in [0.25, 0.3) is 5.32 Å². The van der Waals surface area contributed by atoms with Gasteiger partial charge in [0.25, 0.3) is 0 Å². The zero-order valence-corrected chi connectivity index (χ0v) is 15.6. The average Bonchev–Trinajstić information content (AvgIpc) is 2.62. The van der Waals surface area contributed by atoms with Crippen molar-refractivity contribution in [3.63, 3.8) is 0 Å². The Morgan fingerprint density at radius 3 is 1.58 bits per heavy atom. The van der Waals surface area contributed by atoms with Gasteiger partial charge < -0.3 is 15.5 Å². The van der Waals surface area contributed by atoms with Crippen molar-refractivity contribution in [2.45, 2.75) is 12.8 Å². The van der Waals surface area contributed by atoms with Crippen molar-refractivity contribution in [2.75, 3.05) is 26.2 Å². The van der Waals surface area contributed by atoms with Gasteiger partial charge >= 0.3 is 0 Å². The van der Waals surface area contributed by atoms with Crippen molar-refractivity contribution in [1.82, 2.24) is 0 Å². The van der Waals surface area contributed by atoms with Gasteiger partial charge in [-0.05, 0) is 24.3 Å². The van der Waals surface area contributed by atoms with Crippen LogP contribution in [0.1, 0.15) is 24.0 Å². The molecular weight excluding hydrogens is 373 g/mol. The molecule has 0 aliphatic heterocycles. The molecule has 0 aliphatic rings. The van der Waals surface area contributed by atoms with Crippen LogP contribution in [-0.4, -0.2) is 48.8 Å². The zero-order chi connectivity index (χ0) is 17.7. The third-order valence-electron chi connectivity index (χ3n) is 3.54. The molecule has 0 unspecified atom stereocenters. The maximum Gasteiger partial charge on any atom is 0.124 e. The molecule has 0 saturated heterocycles. The molecule has 0 bridgehead atoms. The molecule has 0 heterocycles. The van der Waals surface area contributed by atoms with E-state index in [0.717, 1.165) is 37.1 Å². The normalized spacial score (nSPS) is 11.1. The Hall–Kier alpha value is -2.17. The number of benzene rings is 2. The number of hydrogen-bond donors (Lipinski definition) is 2. The number of rotatable bonds is 10. The first-order valence-corrected chi connectivity index (χ1v) is 8.46. The van der Waals surface area contributed by atoms with Crippen LogP contribution in [0.3, 0.4) is 0 Å². The van der Waals surface area contributed by atoms with E-state index in [9.17, 15) is 10.2 Å². The van der Waals surface area contributed by atoms with E-state index in [1.54, 1.807) is 36.7 Å². The van der Waals surface area contributed by atoms with E-state index >= 15 is 0 Å². The van der Waals surface area contributed by atoms with Crippen molar-refractivity contribution in [2.24, 2.45) is 9.98 Å². The van der Waals surface area contributed by atoms with Crippen molar-refractivity contribution in [1.29, 1.82) is 0 Å². The Labute approximate surface area is 164 Å². The van der Waals surface area contributed by atoms with Gasteiger partial charge in [0.2, 0.25) is 0 Å². The summed E-state index contributed by atoms with van der Waals surface area (Å²) in [6.07, 6.45) is 5.18. The molecule has 26 heavy (non-hydrogen) atoms. The van der Waals surface area contributed by atoms with E-state index in [-0.39, 0.29) is 28.0 Å². The summed E-state index contributed by atoms with van der Waals surface area (Å²) in [5.74, 6) is 0.501. The van der Waals surface area contributed by atoms with Gasteiger partial charge in [-0.1, -0.05) is 37.1 Å². The number of nitrogens with zero attached hydrogens (tertiary/aromatic N) is 3. The van der Waals surface area contributed by atoms with Crippen molar-refractivity contribution < 1.29 is 26.7 Å². The molecule has 2 aromatic rings. The van der Waals surface area contributed by atoms with Crippen LogP contribution < -0.4 is 0 Å². The largest absolute Gasteiger partial charge is 0.662 e. The fourth-order valence-corrected chi connectivity index (χ4v) is 2.18. The van der Waals surface area contributed by atoms with E-state index in [1.807, 2.05) is 24.3 Å². The summed E-state index contributed by atoms with van der Waals surface area (Å²) in [6.45, 7) is 2.95. The van der Waals surface area contributed by atoms with Gasteiger partial charge in [0, 0.05) is 53.1 Å². The standard InChI is InChI=1S/C20H24N3O2.Ni/c24-19-9-3-1-7-17(19)15-22-13-5-11-21-12-6-14-23-16-18-8-2-4-10-20(18)25;/h1-4,7-10,15-16,24-25H,5-6,11-14H2;/q-1;. The van der Waals surface area contributed by atoms with E-state index in [2.05, 4.69) is 15.3 Å². The zero-order valence-electron chi connectivity index (χ0n) is 14.6. The second-order valence-corrected chi connectivity index (χ2v) is 5.57. The van der Waals surface area contributed by atoms with Crippen LogP contribution in [0.2, 0.25) is 0 Å². The molecule has 0 saturated carbocycles. The Kier molecular flexibility index (Phi) is 11.0. The number of phenols is 2. The Morgan fingerprint density at radius 1 is 0.731 bits per heavy atom. The number of phenolic OH excluding ortho intramolecular Hbond substituents is 2. The minimum absolute atomic E-state index is 0. The minimum atomic E-state index is 0. The van der Waals surface area contributed by atoms with Crippen molar-refractivity contribution in [3.8, 4) is 11.5 Å². The molecule has 2 rings (SSSR count). The number of hydrogen-bond acceptors (Lipinski definition) is 4. The molecule has 0 aromatic heterocycles. The predicted molar refractivity (Wildman–Crippen MR) is 103 cm³/mol. The first kappa shape index (κ1) is 21.9. The molecule has 5 nitrogen and oxygen atoms in total. The van der Waals surface area contributed by atoms with Crippen LogP contribution in [0.4, 0.5) is 0 Å². The predicted octanol–water partition coefficient (Wildman–Crippen LogP) is 3.79. The molecule has 0 radical (unpaired) electrons. The molecule has 142 valence electrons. The van der Waals surface area contributed by atoms with Crippen LogP contribution in [0, 0.1) is 0 Å². The first-order valence-electron chi connectivity index (χ1n) is 8.46. The number of aliphatic imine (C=N–C) groups is 2. The van der Waals surface area contributed by atoms with Gasteiger partial charge in [-0.2, -0.15) is 0 Å². The molecule has 6 heteroatoms. The fourth-order valence-electron chi connectivity index (χ4n) is 2.18. The third-order valence-corrected chi connectivity index (χ3v) is 3.54. The molecule has 2 N–H and O–H groups in total. The van der Waals surface area contributed by atoms with Crippen LogP contribution in [-0.2, 0) is 16.5 Å². The Morgan fingerprint density at radius 2 is 1.15 bits per heavy atom. The summed E-state index contributed by atoms with van der Waals surface area (Å²) in [5.41, 5.74) is 1.48. The SMILES string of the molecule is Oc1ccccc1C=NCCC[N-]CCCN=Cc1ccccc1O.[Ni]. The third kappa shape index (κ3) is 8.28. The Balaban J connectivity index is 0.00000338. The molecule has 0 amide bonds. The minimum Gasteiger partial charge on any atom is -0.662 e. The van der Waals surface area contributed by atoms with Gasteiger partial charge in [0.15, 0.2) is 0 Å². The van der Waals surface area contributed by atoms with Gasteiger partial charge in [0.05, 0.1) is 0 Å². The van der Waals surface area contributed by atoms with Crippen molar-refractivity contribution in [3.05, 3.63) is 65.0 Å². The molecule has 2 aromatic carbocycles. The monoisotopic (exact) mass is 396 g/mol. The molecular formula is C20H24N3NiO2-. The summed E-state index contributed by atoms with van der Waals surface area (Å²) in [6, 6.07) is 14.3. The summed E-state index contributed by atoms with van der Waals surface area (Å²) in [7, 11) is 0. The van der Waals surface area contributed by atoms with E-state index < -0.39 is 0 Å². The maximum atomic E-state index is 9.61. The number of para-hydroxylation sites is 2. The average molecular weight is 397 g/mol. The summed E-state index contributed by atoms with van der Waals surface area (Å²) < 4.78 is 0. The van der Waals surface area contributed by atoms with Crippen LogP contribution in [0.15, 0.2) is 58.5 Å². The first-order chi connectivity index (χ1) is 12.3. The molecule has 0 atom stereocenters. The van der Waals surface area contributed by atoms with Gasteiger partial charge in [-0.3, -0.25) is 9.98 Å². The van der Waals surface area contributed by atoms with Gasteiger partial charge in [-0.25, -0.2) is 0 Å². The summed E-state index contributed by atoms with van der Waals surface area (Å²) >= 11 is 0. The molecule has 0 fully saturated rings. The molecule has 0 spiro atoms. The molecule has 0 aliphatic carbocycles. The maximum absolute atomic E-state index is 9.61. The fraction of sp³-hybridized carbons (Fsp3) is 0.300. The van der Waals surface area contributed by atoms with Crippen LogP contribution in [0.5, 0.6) is 11.5 Å². The summed E-state index contributed by atoms with van der Waals surface area (Å²) in [5, 5.41) is 23.7. The number of aromatic hydroxyl groups is 2. The second-order valence-electron chi connectivity index (χ2n) is 5.57. The summed E-state index contributed by atoms with van der Waals surface area (Å²) in [4.78, 5) is 8.60. The topological polar surface area (TPSA) is 79.3 Å². The van der Waals surface area contributed by atoms with Gasteiger partial charge in [-0.15, -0.1) is 13.1 Å². The Bertz CT molecular complexity index is 645. The van der Waals surface area contributed by atoms with E-state index in [0.29, 0.717) is 13.1 Å². The smallest absolute Gasteiger partial charge is 0.124 e. The quantitative estimate of drug-likeness (QED) is 0.364. The van der Waals surface area contributed by atoms with Crippen molar-refractivity contribution >= 4 is 12.4 Å². The van der Waals surface area contributed by atoms with E-state index in [1.165, 1.54) is 0 Å². The van der Waals surface area contributed by atoms with Crippen LogP contribution >= 0.6 is 0 Å². The second kappa shape index (κ2) is 13.1.